The minimum Gasteiger partial charge on any atom is -0.444 e. The smallest absolute Gasteiger partial charge is 0.410 e. The van der Waals surface area contributed by atoms with Gasteiger partial charge in [-0.05, 0) is 38.3 Å². The molecule has 0 bridgehead atoms. The molecule has 0 saturated carbocycles. The van der Waals surface area contributed by atoms with E-state index in [0.717, 1.165) is 0 Å². The molecule has 1 aromatic heterocycles. The van der Waals surface area contributed by atoms with E-state index in [1.807, 2.05) is 25.7 Å². The molecule has 7 heteroatoms. The van der Waals surface area contributed by atoms with Gasteiger partial charge in [0.15, 0.2) is 0 Å². The number of hydrogen-bond donors (Lipinski definition) is 0. The number of halogens is 2. The van der Waals surface area contributed by atoms with E-state index >= 15 is 0 Å². The summed E-state index contributed by atoms with van der Waals surface area (Å²) in [5.41, 5.74) is -0.550. The minimum absolute atomic E-state index is 0.366. The van der Waals surface area contributed by atoms with E-state index in [2.05, 4.69) is 4.98 Å². The van der Waals surface area contributed by atoms with Gasteiger partial charge in [-0.1, -0.05) is 6.07 Å². The molecule has 1 amide bonds. The van der Waals surface area contributed by atoms with Crippen molar-refractivity contribution in [2.75, 3.05) is 31.1 Å². The first-order valence-electron chi connectivity index (χ1n) is 8.22. The van der Waals surface area contributed by atoms with Gasteiger partial charge in [-0.2, -0.15) is 4.39 Å². The van der Waals surface area contributed by atoms with Crippen molar-refractivity contribution < 1.29 is 18.3 Å². The van der Waals surface area contributed by atoms with Gasteiger partial charge in [0.1, 0.15) is 17.2 Å². The van der Waals surface area contributed by atoms with Crippen LogP contribution in [0.15, 0.2) is 24.3 Å². The largest absolute Gasteiger partial charge is 0.444 e. The minimum atomic E-state index is -0.608. The lowest BCUT2D eigenvalue weighted by Gasteiger charge is -2.36. The summed E-state index contributed by atoms with van der Waals surface area (Å²) >= 11 is 0. The Morgan fingerprint density at radius 3 is 2.44 bits per heavy atom. The zero-order valence-corrected chi connectivity index (χ0v) is 14.6. The quantitative estimate of drug-likeness (QED) is 0.739. The van der Waals surface area contributed by atoms with Crippen molar-refractivity contribution in [2.24, 2.45) is 0 Å². The second kappa shape index (κ2) is 6.46. The lowest BCUT2D eigenvalue weighted by atomic mass is 10.1. The number of fused-ring (bicyclic) bond motifs is 1. The van der Waals surface area contributed by atoms with Crippen LogP contribution in [0.2, 0.25) is 0 Å². The van der Waals surface area contributed by atoms with E-state index in [1.54, 1.807) is 4.90 Å². The summed E-state index contributed by atoms with van der Waals surface area (Å²) in [4.78, 5) is 19.6. The molecule has 2 aromatic rings. The average Bonchev–Trinajstić information content (AvgIpc) is 2.53. The molecule has 0 radical (unpaired) electrons. The third kappa shape index (κ3) is 3.97. The van der Waals surface area contributed by atoms with E-state index in [9.17, 15) is 13.6 Å². The number of carbonyl (C=O) groups is 1. The summed E-state index contributed by atoms with van der Waals surface area (Å²) in [6.07, 6.45) is -0.366. The van der Waals surface area contributed by atoms with Crippen LogP contribution in [0.1, 0.15) is 20.8 Å². The highest BCUT2D eigenvalue weighted by Gasteiger charge is 2.27. The van der Waals surface area contributed by atoms with Gasteiger partial charge >= 0.3 is 6.09 Å². The topological polar surface area (TPSA) is 45.7 Å². The molecule has 1 saturated heterocycles. The number of aromatic nitrogens is 1. The van der Waals surface area contributed by atoms with Crippen LogP contribution >= 0.6 is 0 Å². The van der Waals surface area contributed by atoms with Crippen molar-refractivity contribution in [1.29, 1.82) is 0 Å². The van der Waals surface area contributed by atoms with E-state index < -0.39 is 17.4 Å². The Kier molecular flexibility index (Phi) is 4.49. The van der Waals surface area contributed by atoms with Gasteiger partial charge in [-0.25, -0.2) is 14.2 Å². The molecule has 2 heterocycles. The summed E-state index contributed by atoms with van der Waals surface area (Å²) in [5, 5.41) is 1.16. The van der Waals surface area contributed by atoms with Gasteiger partial charge in [-0.3, -0.25) is 0 Å². The van der Waals surface area contributed by atoms with Crippen molar-refractivity contribution in [3.05, 3.63) is 36.0 Å². The summed E-state index contributed by atoms with van der Waals surface area (Å²) in [5.74, 6) is -0.600. The summed E-state index contributed by atoms with van der Waals surface area (Å²) < 4.78 is 32.8. The first-order valence-corrected chi connectivity index (χ1v) is 8.22. The Labute approximate surface area is 145 Å². The number of pyridine rings is 1. The van der Waals surface area contributed by atoms with Crippen LogP contribution in [-0.2, 0) is 4.74 Å². The van der Waals surface area contributed by atoms with Crippen molar-refractivity contribution in [2.45, 2.75) is 26.4 Å². The number of amides is 1. The molecule has 5 nitrogen and oxygen atoms in total. The van der Waals surface area contributed by atoms with Crippen LogP contribution in [0.5, 0.6) is 0 Å². The van der Waals surface area contributed by atoms with E-state index in [0.29, 0.717) is 42.8 Å². The molecule has 1 fully saturated rings. The highest BCUT2D eigenvalue weighted by Crippen LogP contribution is 2.27. The van der Waals surface area contributed by atoms with Gasteiger partial charge in [0.2, 0.25) is 5.95 Å². The van der Waals surface area contributed by atoms with Crippen LogP contribution in [0.4, 0.5) is 19.4 Å². The van der Waals surface area contributed by atoms with Gasteiger partial charge in [0, 0.05) is 37.6 Å². The molecule has 134 valence electrons. The molecule has 0 spiro atoms. The lowest BCUT2D eigenvalue weighted by Crippen LogP contribution is -2.50. The number of nitrogens with zero attached hydrogens (tertiary/aromatic N) is 3. The number of benzene rings is 1. The molecular formula is C18H21F2N3O2. The zero-order valence-electron chi connectivity index (χ0n) is 14.6. The molecule has 1 aliphatic rings. The van der Waals surface area contributed by atoms with E-state index in [4.69, 9.17) is 4.74 Å². The summed E-state index contributed by atoms with van der Waals surface area (Å²) in [6.45, 7) is 7.27. The van der Waals surface area contributed by atoms with Crippen molar-refractivity contribution in [1.82, 2.24) is 9.88 Å². The Morgan fingerprint density at radius 2 is 1.80 bits per heavy atom. The predicted molar refractivity (Wildman–Crippen MR) is 91.7 cm³/mol. The average molecular weight is 349 g/mol. The number of rotatable bonds is 1. The standard InChI is InChI=1S/C18H21F2N3O2/c1-18(2,3)25-17(24)23-8-6-22(7-9-23)16-14-11-13(19)5-4-12(14)10-15(20)21-16/h4-5,10-11H,6-9H2,1-3H3. The molecule has 1 aliphatic heterocycles. The maximum Gasteiger partial charge on any atom is 0.410 e. The van der Waals surface area contributed by atoms with Crippen LogP contribution in [0.3, 0.4) is 0 Å². The Morgan fingerprint density at radius 1 is 1.12 bits per heavy atom. The third-order valence-electron chi connectivity index (χ3n) is 3.97. The van der Waals surface area contributed by atoms with Crippen LogP contribution < -0.4 is 4.90 Å². The fourth-order valence-electron chi connectivity index (χ4n) is 2.84. The Balaban J connectivity index is 1.78. The Hall–Kier alpha value is -2.44. The first-order chi connectivity index (χ1) is 11.7. The van der Waals surface area contributed by atoms with E-state index in [-0.39, 0.29) is 6.09 Å². The molecule has 3 rings (SSSR count). The third-order valence-corrected chi connectivity index (χ3v) is 3.97. The zero-order chi connectivity index (χ0) is 18.2. The van der Waals surface area contributed by atoms with Crippen molar-refractivity contribution in [3.63, 3.8) is 0 Å². The van der Waals surface area contributed by atoms with Gasteiger partial charge < -0.3 is 14.5 Å². The molecule has 0 atom stereocenters. The fraction of sp³-hybridized carbons (Fsp3) is 0.444. The van der Waals surface area contributed by atoms with Gasteiger partial charge in [0.05, 0.1) is 0 Å². The van der Waals surface area contributed by atoms with Crippen molar-refractivity contribution >= 4 is 22.7 Å². The molecule has 25 heavy (non-hydrogen) atoms. The normalized spacial score (nSPS) is 15.6. The summed E-state index contributed by atoms with van der Waals surface area (Å²) in [6, 6.07) is 5.48. The van der Waals surface area contributed by atoms with Crippen molar-refractivity contribution in [3.8, 4) is 0 Å². The maximum atomic E-state index is 13.8. The SMILES string of the molecule is CC(C)(C)OC(=O)N1CCN(c2nc(F)cc3ccc(F)cc23)CC1. The number of piperazine rings is 1. The molecular weight excluding hydrogens is 328 g/mol. The maximum absolute atomic E-state index is 13.8. The summed E-state index contributed by atoms with van der Waals surface area (Å²) in [7, 11) is 0. The molecule has 1 aromatic carbocycles. The number of carbonyl (C=O) groups excluding carboxylic acids is 1. The molecule has 0 unspecified atom stereocenters. The Bertz CT molecular complexity index is 797. The first kappa shape index (κ1) is 17.4. The number of anilines is 1. The molecule has 0 N–H and O–H groups in total. The predicted octanol–water partition coefficient (Wildman–Crippen LogP) is 3.57. The molecule has 0 aliphatic carbocycles. The van der Waals surface area contributed by atoms with Crippen LogP contribution in [0, 0.1) is 11.8 Å². The van der Waals surface area contributed by atoms with Crippen LogP contribution in [0.25, 0.3) is 10.8 Å². The number of hydrogen-bond acceptors (Lipinski definition) is 4. The van der Waals surface area contributed by atoms with Gasteiger partial charge in [-0.15, -0.1) is 0 Å². The lowest BCUT2D eigenvalue weighted by molar-refractivity contribution is 0.0240. The monoisotopic (exact) mass is 349 g/mol. The highest BCUT2D eigenvalue weighted by molar-refractivity contribution is 5.92. The second-order valence-corrected chi connectivity index (χ2v) is 7.09. The number of ether oxygens (including phenoxy) is 1. The van der Waals surface area contributed by atoms with Crippen LogP contribution in [-0.4, -0.2) is 47.8 Å². The second-order valence-electron chi connectivity index (χ2n) is 7.09. The highest BCUT2D eigenvalue weighted by atomic mass is 19.1. The van der Waals surface area contributed by atoms with Gasteiger partial charge in [0.25, 0.3) is 0 Å². The fourth-order valence-corrected chi connectivity index (χ4v) is 2.84. The van der Waals surface area contributed by atoms with E-state index in [1.165, 1.54) is 24.3 Å².